The molecule has 0 spiro atoms. The summed E-state index contributed by atoms with van der Waals surface area (Å²) in [6, 6.07) is 10.7. The highest BCUT2D eigenvalue weighted by Crippen LogP contribution is 2.33. The molecule has 0 radical (unpaired) electrons. The zero-order valence-electron chi connectivity index (χ0n) is 13.6. The molecule has 0 amide bonds. The second kappa shape index (κ2) is 6.16. The van der Waals surface area contributed by atoms with Gasteiger partial charge in [0.2, 0.25) is 0 Å². The van der Waals surface area contributed by atoms with Gasteiger partial charge in [-0.05, 0) is 24.6 Å². The van der Waals surface area contributed by atoms with Crippen molar-refractivity contribution in [3.8, 4) is 0 Å². The first-order valence-corrected chi connectivity index (χ1v) is 8.50. The standard InChI is InChI=1S/C18H23N5/c1-2-21-9-11-22(12-10-21)17-13-18(20-14-19-17)23-8-7-15-5-3-4-6-16(15)23/h3-6,13-14H,2,7-12H2,1H3. The van der Waals surface area contributed by atoms with Crippen LogP contribution in [-0.2, 0) is 6.42 Å². The molecule has 0 saturated carbocycles. The van der Waals surface area contributed by atoms with Crippen molar-refractivity contribution in [1.29, 1.82) is 0 Å². The van der Waals surface area contributed by atoms with Gasteiger partial charge in [-0.3, -0.25) is 0 Å². The lowest BCUT2D eigenvalue weighted by atomic mass is 10.2. The SMILES string of the molecule is CCN1CCN(c2cc(N3CCc4ccccc43)ncn2)CC1. The van der Waals surface area contributed by atoms with E-state index in [1.807, 2.05) is 0 Å². The summed E-state index contributed by atoms with van der Waals surface area (Å²) in [5.74, 6) is 2.06. The molecule has 4 rings (SSSR count). The van der Waals surface area contributed by atoms with E-state index >= 15 is 0 Å². The fraction of sp³-hybridized carbons (Fsp3) is 0.444. The van der Waals surface area contributed by atoms with Crippen molar-refractivity contribution >= 4 is 17.3 Å². The lowest BCUT2D eigenvalue weighted by molar-refractivity contribution is 0.270. The average Bonchev–Trinajstić information content (AvgIpc) is 3.06. The van der Waals surface area contributed by atoms with Gasteiger partial charge in [0.15, 0.2) is 0 Å². The number of fused-ring (bicyclic) bond motifs is 1. The smallest absolute Gasteiger partial charge is 0.138 e. The first-order valence-electron chi connectivity index (χ1n) is 8.50. The fourth-order valence-electron chi connectivity index (χ4n) is 3.53. The third-order valence-electron chi connectivity index (χ3n) is 4.95. The zero-order chi connectivity index (χ0) is 15.6. The van der Waals surface area contributed by atoms with E-state index in [4.69, 9.17) is 0 Å². The number of hydrogen-bond donors (Lipinski definition) is 0. The number of likely N-dealkylation sites (N-methyl/N-ethyl adjacent to an activating group) is 1. The Balaban J connectivity index is 1.56. The van der Waals surface area contributed by atoms with Gasteiger partial charge in [0.1, 0.15) is 18.0 Å². The maximum Gasteiger partial charge on any atom is 0.138 e. The van der Waals surface area contributed by atoms with Gasteiger partial charge in [0.05, 0.1) is 0 Å². The lowest BCUT2D eigenvalue weighted by Crippen LogP contribution is -2.46. The summed E-state index contributed by atoms with van der Waals surface area (Å²) in [6.07, 6.45) is 2.79. The second-order valence-electron chi connectivity index (χ2n) is 6.19. The highest BCUT2D eigenvalue weighted by molar-refractivity contribution is 5.68. The Labute approximate surface area is 137 Å². The van der Waals surface area contributed by atoms with Gasteiger partial charge < -0.3 is 14.7 Å². The van der Waals surface area contributed by atoms with Gasteiger partial charge in [-0.25, -0.2) is 9.97 Å². The Bertz CT molecular complexity index is 679. The molecule has 1 aromatic carbocycles. The molecule has 0 unspecified atom stereocenters. The van der Waals surface area contributed by atoms with Gasteiger partial charge in [-0.1, -0.05) is 25.1 Å². The number of benzene rings is 1. The van der Waals surface area contributed by atoms with Crippen LogP contribution in [0, 0.1) is 0 Å². The predicted octanol–water partition coefficient (Wildman–Crippen LogP) is 2.31. The summed E-state index contributed by atoms with van der Waals surface area (Å²) in [6.45, 7) is 8.67. The summed E-state index contributed by atoms with van der Waals surface area (Å²) >= 11 is 0. The number of hydrogen-bond acceptors (Lipinski definition) is 5. The molecule has 2 aliphatic rings. The van der Waals surface area contributed by atoms with E-state index in [1.54, 1.807) is 6.33 Å². The summed E-state index contributed by atoms with van der Waals surface area (Å²) in [5, 5.41) is 0. The van der Waals surface area contributed by atoms with Crippen molar-refractivity contribution in [1.82, 2.24) is 14.9 Å². The molecule has 1 saturated heterocycles. The molecule has 23 heavy (non-hydrogen) atoms. The molecule has 3 heterocycles. The van der Waals surface area contributed by atoms with Crippen LogP contribution in [0.5, 0.6) is 0 Å². The Morgan fingerprint density at radius 3 is 2.57 bits per heavy atom. The fourth-order valence-corrected chi connectivity index (χ4v) is 3.53. The summed E-state index contributed by atoms with van der Waals surface area (Å²) in [5.41, 5.74) is 2.69. The summed E-state index contributed by atoms with van der Waals surface area (Å²) in [7, 11) is 0. The molecule has 0 N–H and O–H groups in total. The van der Waals surface area contributed by atoms with E-state index in [2.05, 4.69) is 61.9 Å². The monoisotopic (exact) mass is 309 g/mol. The van der Waals surface area contributed by atoms with E-state index in [1.165, 1.54) is 11.3 Å². The number of piperazine rings is 1. The average molecular weight is 309 g/mol. The predicted molar refractivity (Wildman–Crippen MR) is 93.5 cm³/mol. The van der Waals surface area contributed by atoms with Crippen LogP contribution in [0.1, 0.15) is 12.5 Å². The van der Waals surface area contributed by atoms with Crippen molar-refractivity contribution < 1.29 is 0 Å². The molecular weight excluding hydrogens is 286 g/mol. The minimum absolute atomic E-state index is 0.999. The first-order chi connectivity index (χ1) is 11.3. The molecule has 1 aromatic heterocycles. The van der Waals surface area contributed by atoms with Crippen LogP contribution in [0.3, 0.4) is 0 Å². The van der Waals surface area contributed by atoms with Crippen LogP contribution in [0.4, 0.5) is 17.3 Å². The Kier molecular flexibility index (Phi) is 3.87. The first kappa shape index (κ1) is 14.5. The number of rotatable bonds is 3. The highest BCUT2D eigenvalue weighted by atomic mass is 15.3. The Hall–Kier alpha value is -2.14. The van der Waals surface area contributed by atoms with E-state index in [-0.39, 0.29) is 0 Å². The van der Waals surface area contributed by atoms with Crippen LogP contribution < -0.4 is 9.80 Å². The van der Waals surface area contributed by atoms with Gasteiger partial charge in [0.25, 0.3) is 0 Å². The minimum atomic E-state index is 0.999. The third-order valence-corrected chi connectivity index (χ3v) is 4.95. The normalized spacial score (nSPS) is 18.3. The minimum Gasteiger partial charge on any atom is -0.354 e. The van der Waals surface area contributed by atoms with Crippen LogP contribution in [-0.4, -0.2) is 54.1 Å². The van der Waals surface area contributed by atoms with Crippen molar-refractivity contribution in [3.63, 3.8) is 0 Å². The van der Waals surface area contributed by atoms with Gasteiger partial charge >= 0.3 is 0 Å². The van der Waals surface area contributed by atoms with E-state index < -0.39 is 0 Å². The number of nitrogens with zero attached hydrogens (tertiary/aromatic N) is 5. The van der Waals surface area contributed by atoms with Crippen molar-refractivity contribution in [2.24, 2.45) is 0 Å². The second-order valence-corrected chi connectivity index (χ2v) is 6.19. The highest BCUT2D eigenvalue weighted by Gasteiger charge is 2.22. The van der Waals surface area contributed by atoms with Crippen LogP contribution >= 0.6 is 0 Å². The Morgan fingerprint density at radius 2 is 1.74 bits per heavy atom. The van der Waals surface area contributed by atoms with Crippen molar-refractivity contribution in [2.45, 2.75) is 13.3 Å². The quantitative estimate of drug-likeness (QED) is 0.869. The van der Waals surface area contributed by atoms with Crippen molar-refractivity contribution in [3.05, 3.63) is 42.2 Å². The molecule has 2 aliphatic heterocycles. The zero-order valence-corrected chi connectivity index (χ0v) is 13.6. The topological polar surface area (TPSA) is 35.5 Å². The number of aromatic nitrogens is 2. The molecule has 120 valence electrons. The van der Waals surface area contributed by atoms with E-state index in [0.717, 1.165) is 57.3 Å². The van der Waals surface area contributed by atoms with E-state index in [0.29, 0.717) is 0 Å². The van der Waals surface area contributed by atoms with Crippen LogP contribution in [0.15, 0.2) is 36.7 Å². The van der Waals surface area contributed by atoms with Crippen LogP contribution in [0.25, 0.3) is 0 Å². The molecule has 0 aliphatic carbocycles. The maximum atomic E-state index is 4.52. The largest absolute Gasteiger partial charge is 0.354 e. The van der Waals surface area contributed by atoms with Gasteiger partial charge in [0, 0.05) is 44.5 Å². The summed E-state index contributed by atoms with van der Waals surface area (Å²) < 4.78 is 0. The number of anilines is 3. The molecule has 1 fully saturated rings. The Morgan fingerprint density at radius 1 is 0.957 bits per heavy atom. The molecule has 5 heteroatoms. The van der Waals surface area contributed by atoms with Crippen molar-refractivity contribution in [2.75, 3.05) is 49.1 Å². The lowest BCUT2D eigenvalue weighted by Gasteiger charge is -2.35. The molecular formula is C18H23N5. The molecule has 5 nitrogen and oxygen atoms in total. The third kappa shape index (κ3) is 2.77. The molecule has 0 bridgehead atoms. The van der Waals surface area contributed by atoms with Gasteiger partial charge in [-0.15, -0.1) is 0 Å². The molecule has 2 aromatic rings. The summed E-state index contributed by atoms with van der Waals surface area (Å²) in [4.78, 5) is 16.2. The van der Waals surface area contributed by atoms with Crippen LogP contribution in [0.2, 0.25) is 0 Å². The maximum absolute atomic E-state index is 4.52. The van der Waals surface area contributed by atoms with Gasteiger partial charge in [-0.2, -0.15) is 0 Å². The van der Waals surface area contributed by atoms with E-state index in [9.17, 15) is 0 Å². The molecule has 0 atom stereocenters. The number of para-hydroxylation sites is 1.